The number of benzene rings is 2. The fourth-order valence-electron chi connectivity index (χ4n) is 3.84. The second kappa shape index (κ2) is 4.29. The van der Waals surface area contributed by atoms with E-state index in [1.165, 1.54) is 0 Å². The summed E-state index contributed by atoms with van der Waals surface area (Å²) in [6, 6.07) is 0. The Labute approximate surface area is 137 Å². The van der Waals surface area contributed by atoms with E-state index in [-0.39, 0.29) is 0 Å². The van der Waals surface area contributed by atoms with E-state index < -0.39 is 23.6 Å². The molecule has 0 aliphatic carbocycles. The second-order valence-electron chi connectivity index (χ2n) is 6.32. The average Bonchev–Trinajstić information content (AvgIpc) is 2.49. The average molecular weight is 322 g/mol. The minimum atomic E-state index is -0.493. The summed E-state index contributed by atoms with van der Waals surface area (Å²) in [4.78, 5) is 49.7. The van der Waals surface area contributed by atoms with Crippen molar-refractivity contribution in [1.82, 2.24) is 10.6 Å². The first-order chi connectivity index (χ1) is 11.3. The van der Waals surface area contributed by atoms with Crippen LogP contribution >= 0.6 is 0 Å². The Kier molecular flexibility index (Phi) is 2.60. The summed E-state index contributed by atoms with van der Waals surface area (Å²) in [6.07, 6.45) is 0. The van der Waals surface area contributed by atoms with E-state index in [0.717, 1.165) is 0 Å². The number of nitrogens with one attached hydrogen (secondary N) is 2. The van der Waals surface area contributed by atoms with Crippen LogP contribution in [-0.4, -0.2) is 23.6 Å². The molecule has 0 aromatic heterocycles. The van der Waals surface area contributed by atoms with Crippen LogP contribution in [0.25, 0.3) is 10.8 Å². The van der Waals surface area contributed by atoms with Crippen LogP contribution in [-0.2, 0) is 0 Å². The predicted octanol–water partition coefficient (Wildman–Crippen LogP) is 1.84. The van der Waals surface area contributed by atoms with E-state index in [2.05, 4.69) is 10.6 Å². The predicted molar refractivity (Wildman–Crippen MR) is 86.5 cm³/mol. The van der Waals surface area contributed by atoms with Gasteiger partial charge in [0, 0.05) is 10.8 Å². The van der Waals surface area contributed by atoms with Gasteiger partial charge in [-0.05, 0) is 49.9 Å². The maximum Gasteiger partial charge on any atom is 0.259 e. The quantitative estimate of drug-likeness (QED) is 0.724. The Morgan fingerprint density at radius 3 is 0.875 bits per heavy atom. The molecule has 0 bridgehead atoms. The van der Waals surface area contributed by atoms with Crippen LogP contribution in [0, 0.1) is 27.7 Å². The van der Waals surface area contributed by atoms with Gasteiger partial charge >= 0.3 is 0 Å². The van der Waals surface area contributed by atoms with E-state index in [1.54, 1.807) is 27.7 Å². The SMILES string of the molecule is Cc1c(C)c2c3c(c(C)c(C)c4c3c1C(=O)NC4=O)C(=O)NC2=O. The third-order valence-electron chi connectivity index (χ3n) is 5.24. The van der Waals surface area contributed by atoms with Gasteiger partial charge in [-0.15, -0.1) is 0 Å². The first-order valence-corrected chi connectivity index (χ1v) is 7.57. The highest BCUT2D eigenvalue weighted by molar-refractivity contribution is 6.35. The molecule has 120 valence electrons. The van der Waals surface area contributed by atoms with Crippen LogP contribution in [0.4, 0.5) is 0 Å². The number of carbonyl (C=O) groups is 4. The molecule has 0 atom stereocenters. The fraction of sp³-hybridized carbons (Fsp3) is 0.222. The van der Waals surface area contributed by atoms with Crippen molar-refractivity contribution < 1.29 is 19.2 Å². The molecule has 24 heavy (non-hydrogen) atoms. The van der Waals surface area contributed by atoms with Gasteiger partial charge in [0.2, 0.25) is 0 Å². The van der Waals surface area contributed by atoms with Crippen LogP contribution < -0.4 is 10.6 Å². The van der Waals surface area contributed by atoms with Crippen LogP contribution in [0.1, 0.15) is 63.7 Å². The highest BCUT2D eigenvalue weighted by Gasteiger charge is 2.38. The summed E-state index contributed by atoms with van der Waals surface area (Å²) in [5.41, 5.74) is 4.04. The van der Waals surface area contributed by atoms with E-state index >= 15 is 0 Å². The molecule has 0 spiro atoms. The second-order valence-corrected chi connectivity index (χ2v) is 6.32. The summed E-state index contributed by atoms with van der Waals surface area (Å²) in [6.45, 7) is 6.99. The normalized spacial score (nSPS) is 15.7. The van der Waals surface area contributed by atoms with Crippen LogP contribution in [0.15, 0.2) is 0 Å². The summed E-state index contributed by atoms with van der Waals surface area (Å²) >= 11 is 0. The maximum absolute atomic E-state index is 12.4. The number of carbonyl (C=O) groups excluding carboxylic acids is 4. The van der Waals surface area contributed by atoms with Gasteiger partial charge in [0.1, 0.15) is 0 Å². The zero-order valence-corrected chi connectivity index (χ0v) is 13.6. The number of rotatable bonds is 0. The number of amides is 4. The Balaban J connectivity index is 2.45. The van der Waals surface area contributed by atoms with E-state index in [9.17, 15) is 19.2 Å². The molecule has 2 aromatic carbocycles. The van der Waals surface area contributed by atoms with Gasteiger partial charge in [-0.1, -0.05) is 0 Å². The first-order valence-electron chi connectivity index (χ1n) is 7.57. The molecule has 4 amide bonds. The van der Waals surface area contributed by atoms with Crippen molar-refractivity contribution in [2.45, 2.75) is 27.7 Å². The van der Waals surface area contributed by atoms with Gasteiger partial charge < -0.3 is 0 Å². The molecule has 6 heteroatoms. The highest BCUT2D eigenvalue weighted by Crippen LogP contribution is 2.41. The largest absolute Gasteiger partial charge is 0.288 e. The Bertz CT molecular complexity index is 900. The molecule has 6 nitrogen and oxygen atoms in total. The monoisotopic (exact) mass is 322 g/mol. The van der Waals surface area contributed by atoms with Gasteiger partial charge in [-0.3, -0.25) is 29.8 Å². The van der Waals surface area contributed by atoms with Crippen molar-refractivity contribution in [3.63, 3.8) is 0 Å². The van der Waals surface area contributed by atoms with Crippen LogP contribution in [0.2, 0.25) is 0 Å². The van der Waals surface area contributed by atoms with Crippen molar-refractivity contribution in [2.24, 2.45) is 0 Å². The van der Waals surface area contributed by atoms with Crippen LogP contribution in [0.5, 0.6) is 0 Å². The van der Waals surface area contributed by atoms with E-state index in [4.69, 9.17) is 0 Å². The van der Waals surface area contributed by atoms with E-state index in [1.807, 2.05) is 0 Å². The molecular formula is C18H14N2O4. The lowest BCUT2D eigenvalue weighted by Gasteiger charge is -2.29. The van der Waals surface area contributed by atoms with Crippen molar-refractivity contribution in [3.05, 3.63) is 44.5 Å². The standard InChI is InChI=1S/C18H14N2O4/c1-5-6(2)10-14-12(18(24)20-16(10)22)8(4)7(3)11-13(14)9(5)15(21)19-17(11)23/h1-4H3,(H,19,21,23)(H,20,22,24). The van der Waals surface area contributed by atoms with Gasteiger partial charge in [0.15, 0.2) is 0 Å². The van der Waals surface area contributed by atoms with Crippen molar-refractivity contribution in [1.29, 1.82) is 0 Å². The number of hydrogen-bond donors (Lipinski definition) is 2. The third-order valence-corrected chi connectivity index (χ3v) is 5.24. The molecule has 0 unspecified atom stereocenters. The van der Waals surface area contributed by atoms with Gasteiger partial charge in [-0.25, -0.2) is 0 Å². The Morgan fingerprint density at radius 1 is 0.458 bits per heavy atom. The van der Waals surface area contributed by atoms with Crippen molar-refractivity contribution >= 4 is 34.4 Å². The molecule has 2 aromatic rings. The van der Waals surface area contributed by atoms with E-state index in [0.29, 0.717) is 55.3 Å². The Hall–Kier alpha value is -3.02. The zero-order valence-electron chi connectivity index (χ0n) is 13.6. The van der Waals surface area contributed by atoms with Gasteiger partial charge in [0.25, 0.3) is 23.6 Å². The highest BCUT2D eigenvalue weighted by atomic mass is 16.2. The molecule has 2 aliphatic heterocycles. The van der Waals surface area contributed by atoms with Crippen molar-refractivity contribution in [2.75, 3.05) is 0 Å². The molecule has 0 saturated carbocycles. The fourth-order valence-corrected chi connectivity index (χ4v) is 3.84. The minimum absolute atomic E-state index is 0.368. The number of hydrogen-bond acceptors (Lipinski definition) is 4. The third kappa shape index (κ3) is 1.45. The maximum atomic E-state index is 12.4. The smallest absolute Gasteiger partial charge is 0.259 e. The molecule has 0 saturated heterocycles. The zero-order chi connectivity index (χ0) is 17.5. The number of imide groups is 2. The molecular weight excluding hydrogens is 308 g/mol. The summed E-state index contributed by atoms with van der Waals surface area (Å²) in [5, 5.41) is 5.57. The Morgan fingerprint density at radius 2 is 0.667 bits per heavy atom. The van der Waals surface area contributed by atoms with Crippen molar-refractivity contribution in [3.8, 4) is 0 Å². The topological polar surface area (TPSA) is 92.3 Å². The lowest BCUT2D eigenvalue weighted by molar-refractivity contribution is 0.0822. The molecule has 0 radical (unpaired) electrons. The minimum Gasteiger partial charge on any atom is -0.288 e. The first kappa shape index (κ1) is 14.6. The molecule has 0 fully saturated rings. The lowest BCUT2D eigenvalue weighted by Crippen LogP contribution is -2.40. The summed E-state index contributed by atoms with van der Waals surface area (Å²) in [5.74, 6) is -1.97. The molecule has 2 heterocycles. The summed E-state index contributed by atoms with van der Waals surface area (Å²) < 4.78 is 0. The summed E-state index contributed by atoms with van der Waals surface area (Å²) in [7, 11) is 0. The lowest BCUT2D eigenvalue weighted by atomic mass is 9.78. The molecule has 2 aliphatic rings. The molecule has 2 N–H and O–H groups in total. The van der Waals surface area contributed by atoms with Gasteiger partial charge in [0.05, 0.1) is 22.3 Å². The molecule has 4 rings (SSSR count). The van der Waals surface area contributed by atoms with Gasteiger partial charge in [-0.2, -0.15) is 0 Å². The van der Waals surface area contributed by atoms with Crippen LogP contribution in [0.3, 0.4) is 0 Å².